The Morgan fingerprint density at radius 3 is 2.73 bits per heavy atom. The largest absolute Gasteiger partial charge is 0.324 e. The quantitative estimate of drug-likeness (QED) is 0.515. The Kier molecular flexibility index (Phi) is 5.45. The number of thioether (sulfide) groups is 1. The molecule has 0 atom stereocenters. The first-order valence-corrected chi connectivity index (χ1v) is 10.7. The van der Waals surface area contributed by atoms with Gasteiger partial charge in [-0.1, -0.05) is 41.6 Å². The van der Waals surface area contributed by atoms with E-state index in [1.165, 1.54) is 36.3 Å². The number of benzene rings is 2. The van der Waals surface area contributed by atoms with E-state index in [-0.39, 0.29) is 27.3 Å². The van der Waals surface area contributed by atoms with Gasteiger partial charge in [0.1, 0.15) is 11.4 Å². The van der Waals surface area contributed by atoms with Crippen LogP contribution in [0.5, 0.6) is 0 Å². The fourth-order valence-electron chi connectivity index (χ4n) is 2.25. The van der Waals surface area contributed by atoms with Gasteiger partial charge in [0.05, 0.1) is 26.9 Å². The van der Waals surface area contributed by atoms with Crippen LogP contribution in [0.3, 0.4) is 0 Å². The number of nitrogens with zero attached hydrogens (tertiary/aromatic N) is 2. The summed E-state index contributed by atoms with van der Waals surface area (Å²) in [5, 5.41) is 4.47. The van der Waals surface area contributed by atoms with E-state index in [1.54, 1.807) is 0 Å². The van der Waals surface area contributed by atoms with Crippen molar-refractivity contribution in [3.63, 3.8) is 0 Å². The highest BCUT2D eigenvalue weighted by atomic mass is 35.5. The molecule has 1 heterocycles. The monoisotopic (exact) mass is 407 g/mol. The van der Waals surface area contributed by atoms with Gasteiger partial charge in [-0.25, -0.2) is 18.4 Å². The summed E-state index contributed by atoms with van der Waals surface area (Å²) in [5.74, 6) is -0.217. The SMILES string of the molecule is CS(=O)(=O)c1ccc(Cl)c(NC(=O)CSc2ncnc3ccccc23)c1. The van der Waals surface area contributed by atoms with Gasteiger partial charge < -0.3 is 5.32 Å². The molecule has 0 aliphatic heterocycles. The number of rotatable bonds is 5. The second-order valence-corrected chi connectivity index (χ2v) is 8.83. The summed E-state index contributed by atoms with van der Waals surface area (Å²) >= 11 is 7.32. The molecular formula is C17H14ClN3O3S2. The van der Waals surface area contributed by atoms with Gasteiger partial charge in [0.15, 0.2) is 9.84 Å². The second kappa shape index (κ2) is 7.61. The smallest absolute Gasteiger partial charge is 0.234 e. The minimum Gasteiger partial charge on any atom is -0.324 e. The van der Waals surface area contributed by atoms with E-state index >= 15 is 0 Å². The molecule has 134 valence electrons. The number of aromatic nitrogens is 2. The molecule has 0 bridgehead atoms. The molecule has 0 radical (unpaired) electrons. The topological polar surface area (TPSA) is 89.0 Å². The molecule has 0 aliphatic carbocycles. The van der Waals surface area contributed by atoms with Crippen LogP contribution < -0.4 is 5.32 Å². The van der Waals surface area contributed by atoms with Gasteiger partial charge in [-0.2, -0.15) is 0 Å². The number of hydrogen-bond donors (Lipinski definition) is 1. The number of anilines is 1. The van der Waals surface area contributed by atoms with Gasteiger partial charge in [0.25, 0.3) is 0 Å². The molecule has 0 fully saturated rings. The average molecular weight is 408 g/mol. The van der Waals surface area contributed by atoms with Crippen LogP contribution in [0.15, 0.2) is 58.7 Å². The lowest BCUT2D eigenvalue weighted by Crippen LogP contribution is -2.15. The van der Waals surface area contributed by atoms with Crippen LogP contribution in [0.2, 0.25) is 5.02 Å². The number of nitrogens with one attached hydrogen (secondary N) is 1. The molecule has 0 aliphatic rings. The van der Waals surface area contributed by atoms with Gasteiger partial charge >= 0.3 is 0 Å². The fourth-order valence-corrected chi connectivity index (χ4v) is 3.85. The molecular weight excluding hydrogens is 394 g/mol. The zero-order chi connectivity index (χ0) is 18.7. The molecule has 0 saturated carbocycles. The molecule has 0 unspecified atom stereocenters. The van der Waals surface area contributed by atoms with Crippen LogP contribution in [0.4, 0.5) is 5.69 Å². The summed E-state index contributed by atoms with van der Waals surface area (Å²) in [5.41, 5.74) is 1.06. The number of halogens is 1. The Morgan fingerprint density at radius 1 is 1.19 bits per heavy atom. The molecule has 1 aromatic heterocycles. The molecule has 3 aromatic rings. The van der Waals surface area contributed by atoms with Gasteiger partial charge in [0.2, 0.25) is 5.91 Å². The first kappa shape index (κ1) is 18.6. The summed E-state index contributed by atoms with van der Waals surface area (Å²) in [7, 11) is -3.39. The molecule has 0 spiro atoms. The summed E-state index contributed by atoms with van der Waals surface area (Å²) in [6, 6.07) is 11.7. The van der Waals surface area contributed by atoms with Crippen molar-refractivity contribution in [3.05, 3.63) is 53.8 Å². The Labute approximate surface area is 159 Å². The summed E-state index contributed by atoms with van der Waals surface area (Å²) < 4.78 is 23.3. The van der Waals surface area contributed by atoms with Crippen molar-refractivity contribution in [2.75, 3.05) is 17.3 Å². The highest BCUT2D eigenvalue weighted by molar-refractivity contribution is 8.00. The third-order valence-corrected chi connectivity index (χ3v) is 5.93. The summed E-state index contributed by atoms with van der Waals surface area (Å²) in [4.78, 5) is 20.7. The van der Waals surface area contributed by atoms with E-state index in [1.807, 2.05) is 24.3 Å². The maximum atomic E-state index is 12.3. The lowest BCUT2D eigenvalue weighted by atomic mass is 10.2. The van der Waals surface area contributed by atoms with Crippen LogP contribution >= 0.6 is 23.4 Å². The number of fused-ring (bicyclic) bond motifs is 1. The van der Waals surface area contributed by atoms with Crippen LogP contribution in [0.25, 0.3) is 10.9 Å². The third-order valence-electron chi connectivity index (χ3n) is 3.49. The zero-order valence-electron chi connectivity index (χ0n) is 13.6. The van der Waals surface area contributed by atoms with Crippen LogP contribution in [0.1, 0.15) is 0 Å². The highest BCUT2D eigenvalue weighted by Crippen LogP contribution is 2.27. The van der Waals surface area contributed by atoms with Crippen molar-refractivity contribution in [2.45, 2.75) is 9.92 Å². The van der Waals surface area contributed by atoms with Crippen molar-refractivity contribution in [3.8, 4) is 0 Å². The molecule has 3 rings (SSSR count). The summed E-state index contributed by atoms with van der Waals surface area (Å²) in [6.07, 6.45) is 2.55. The van der Waals surface area contributed by atoms with Crippen LogP contribution in [-0.4, -0.2) is 36.3 Å². The van der Waals surface area contributed by atoms with Gasteiger partial charge in [-0.3, -0.25) is 4.79 Å². The van der Waals surface area contributed by atoms with Crippen molar-refractivity contribution in [2.24, 2.45) is 0 Å². The van der Waals surface area contributed by atoms with E-state index in [4.69, 9.17) is 11.6 Å². The number of para-hydroxylation sites is 1. The lowest BCUT2D eigenvalue weighted by molar-refractivity contribution is -0.113. The summed E-state index contributed by atoms with van der Waals surface area (Å²) in [6.45, 7) is 0. The second-order valence-electron chi connectivity index (χ2n) is 5.45. The highest BCUT2D eigenvalue weighted by Gasteiger charge is 2.13. The molecule has 1 N–H and O–H groups in total. The number of carbonyl (C=O) groups excluding carboxylic acids is 1. The number of hydrogen-bond acceptors (Lipinski definition) is 6. The van der Waals surface area contributed by atoms with Gasteiger partial charge in [0, 0.05) is 11.6 Å². The Morgan fingerprint density at radius 2 is 1.96 bits per heavy atom. The van der Waals surface area contributed by atoms with Gasteiger partial charge in [-0.15, -0.1) is 0 Å². The van der Waals surface area contributed by atoms with Crippen LogP contribution in [0, 0.1) is 0 Å². The molecule has 9 heteroatoms. The van der Waals surface area contributed by atoms with Crippen LogP contribution in [-0.2, 0) is 14.6 Å². The van der Waals surface area contributed by atoms with Crippen molar-refractivity contribution in [1.82, 2.24) is 9.97 Å². The normalized spacial score (nSPS) is 11.5. The molecule has 6 nitrogen and oxygen atoms in total. The van der Waals surface area contributed by atoms with E-state index in [2.05, 4.69) is 15.3 Å². The minimum absolute atomic E-state index is 0.0895. The van der Waals surface area contributed by atoms with E-state index in [0.717, 1.165) is 17.2 Å². The Balaban J connectivity index is 1.73. The first-order chi connectivity index (χ1) is 12.3. The molecule has 0 saturated heterocycles. The number of carbonyl (C=O) groups is 1. The van der Waals surface area contributed by atoms with Gasteiger partial charge in [-0.05, 0) is 24.3 Å². The first-order valence-electron chi connectivity index (χ1n) is 7.46. The Bertz CT molecular complexity index is 1080. The molecule has 26 heavy (non-hydrogen) atoms. The van der Waals surface area contributed by atoms with Crippen molar-refractivity contribution < 1.29 is 13.2 Å². The third kappa shape index (κ3) is 4.32. The predicted octanol–water partition coefficient (Wildman–Crippen LogP) is 3.42. The molecule has 2 aromatic carbocycles. The van der Waals surface area contributed by atoms with Crippen molar-refractivity contribution in [1.29, 1.82) is 0 Å². The average Bonchev–Trinajstić information content (AvgIpc) is 2.61. The molecule has 1 amide bonds. The predicted molar refractivity (Wildman–Crippen MR) is 103 cm³/mol. The maximum absolute atomic E-state index is 12.3. The standard InChI is InChI=1S/C17H14ClN3O3S2/c1-26(23,24)11-6-7-13(18)15(8-11)21-16(22)9-25-17-12-4-2-3-5-14(12)19-10-20-17/h2-8,10H,9H2,1H3,(H,21,22). The number of sulfone groups is 1. The zero-order valence-corrected chi connectivity index (χ0v) is 16.0. The van der Waals surface area contributed by atoms with E-state index < -0.39 is 9.84 Å². The van der Waals surface area contributed by atoms with Crippen molar-refractivity contribution >= 4 is 55.7 Å². The minimum atomic E-state index is -3.39. The number of amides is 1. The fraction of sp³-hybridized carbons (Fsp3) is 0.118. The maximum Gasteiger partial charge on any atom is 0.234 e. The Hall–Kier alpha value is -2.16. The van der Waals surface area contributed by atoms with E-state index in [9.17, 15) is 13.2 Å². The van der Waals surface area contributed by atoms with E-state index in [0.29, 0.717) is 5.03 Å². The lowest BCUT2D eigenvalue weighted by Gasteiger charge is -2.09.